The van der Waals surface area contributed by atoms with Crippen LogP contribution in [-0.2, 0) is 17.8 Å². The number of piperazine rings is 1. The van der Waals surface area contributed by atoms with Crippen molar-refractivity contribution in [2.45, 2.75) is 32.5 Å². The molecule has 1 atom stereocenters. The Labute approximate surface area is 249 Å². The Bertz CT molecular complexity index is 1640. The molecule has 0 saturated carbocycles. The topological polar surface area (TPSA) is 104 Å². The Morgan fingerprint density at radius 3 is 2.55 bits per heavy atom. The first kappa shape index (κ1) is 28.1. The van der Waals surface area contributed by atoms with Crippen molar-refractivity contribution in [3.63, 3.8) is 0 Å². The lowest BCUT2D eigenvalue weighted by Crippen LogP contribution is -2.48. The van der Waals surface area contributed by atoms with Gasteiger partial charge in [0.05, 0.1) is 46.5 Å². The zero-order valence-electron chi connectivity index (χ0n) is 23.7. The minimum atomic E-state index is -0.961. The summed E-state index contributed by atoms with van der Waals surface area (Å²) in [7, 11) is 1.89. The number of benzene rings is 2. The third kappa shape index (κ3) is 5.70. The number of carboxylic acid groups (broad SMARTS) is 1. The molecule has 1 amide bonds. The first-order valence-electron chi connectivity index (χ1n) is 14.1. The number of aromatic carboxylic acids is 1. The molecular formula is C31H33ClN6O4. The van der Waals surface area contributed by atoms with E-state index < -0.39 is 5.97 Å². The molecule has 2 aliphatic rings. The zero-order chi connectivity index (χ0) is 29.4. The van der Waals surface area contributed by atoms with E-state index in [1.165, 1.54) is 0 Å². The summed E-state index contributed by atoms with van der Waals surface area (Å²) in [5.41, 5.74) is 4.10. The minimum Gasteiger partial charge on any atom is -0.478 e. The molecule has 2 aromatic heterocycles. The number of anilines is 2. The van der Waals surface area contributed by atoms with Gasteiger partial charge in [-0.05, 0) is 61.4 Å². The second kappa shape index (κ2) is 11.7. The van der Waals surface area contributed by atoms with Crippen molar-refractivity contribution in [1.82, 2.24) is 24.3 Å². The number of nitrogens with zero attached hydrogens (tertiary/aromatic N) is 6. The number of imidazole rings is 1. The molecule has 0 bridgehead atoms. The van der Waals surface area contributed by atoms with Crippen LogP contribution in [0.3, 0.4) is 0 Å². The molecule has 0 aliphatic carbocycles. The lowest BCUT2D eigenvalue weighted by Gasteiger charge is -2.35. The van der Waals surface area contributed by atoms with Gasteiger partial charge in [-0.25, -0.2) is 14.8 Å². The van der Waals surface area contributed by atoms with Crippen molar-refractivity contribution < 1.29 is 19.4 Å². The molecule has 1 N–H and O–H groups in total. The van der Waals surface area contributed by atoms with Crippen LogP contribution in [-0.4, -0.2) is 87.3 Å². The van der Waals surface area contributed by atoms with E-state index in [2.05, 4.69) is 14.5 Å². The van der Waals surface area contributed by atoms with Crippen LogP contribution in [0.5, 0.6) is 0 Å². The molecule has 11 heteroatoms. The third-order valence-electron chi connectivity index (χ3n) is 8.04. The maximum Gasteiger partial charge on any atom is 0.335 e. The first-order chi connectivity index (χ1) is 20.3. The van der Waals surface area contributed by atoms with Crippen LogP contribution >= 0.6 is 11.6 Å². The number of aryl methyl sites for hydroxylation is 1. The van der Waals surface area contributed by atoms with Crippen molar-refractivity contribution in [3.05, 3.63) is 82.3 Å². The molecule has 42 heavy (non-hydrogen) atoms. The summed E-state index contributed by atoms with van der Waals surface area (Å²) in [6.45, 7) is 6.49. The van der Waals surface area contributed by atoms with Crippen LogP contribution < -0.4 is 4.90 Å². The van der Waals surface area contributed by atoms with Gasteiger partial charge in [0.2, 0.25) is 0 Å². The van der Waals surface area contributed by atoms with E-state index >= 15 is 0 Å². The molecule has 0 unspecified atom stereocenters. The fourth-order valence-electron chi connectivity index (χ4n) is 5.47. The van der Waals surface area contributed by atoms with Gasteiger partial charge in [-0.2, -0.15) is 0 Å². The smallest absolute Gasteiger partial charge is 0.335 e. The molecular weight excluding hydrogens is 556 g/mol. The number of hydrogen-bond donors (Lipinski definition) is 1. The molecule has 0 radical (unpaired) electrons. The van der Waals surface area contributed by atoms with E-state index in [9.17, 15) is 14.7 Å². The van der Waals surface area contributed by atoms with Crippen LogP contribution in [0.2, 0.25) is 5.02 Å². The van der Waals surface area contributed by atoms with Gasteiger partial charge >= 0.3 is 5.97 Å². The van der Waals surface area contributed by atoms with Crippen molar-refractivity contribution >= 4 is 46.0 Å². The van der Waals surface area contributed by atoms with E-state index in [1.807, 2.05) is 54.1 Å². The van der Waals surface area contributed by atoms with E-state index in [0.29, 0.717) is 55.8 Å². The predicted octanol–water partition coefficient (Wildman–Crippen LogP) is 4.61. The number of carbonyl (C=O) groups excluding carboxylic acids is 1. The summed E-state index contributed by atoms with van der Waals surface area (Å²) in [4.78, 5) is 40.5. The minimum absolute atomic E-state index is 0.101. The van der Waals surface area contributed by atoms with Gasteiger partial charge in [-0.3, -0.25) is 9.69 Å². The van der Waals surface area contributed by atoms with Crippen molar-refractivity contribution in [2.24, 2.45) is 0 Å². The standard InChI is InChI=1S/C31H33ClN6O4/c1-20-6-9-26(23(32)16-20)35(2)28-5-3-4-25(34-28)30(39)37-13-11-36(12-14-37)19-29-33-24-8-7-21(31(40)41)17-27(24)38(29)18-22-10-15-42-22/h3-9,16-17,22H,10-15,18-19H2,1-2H3,(H,40,41)/t22-/m0/s1. The Hall–Kier alpha value is -3.99. The van der Waals surface area contributed by atoms with Crippen LogP contribution in [0, 0.1) is 6.92 Å². The van der Waals surface area contributed by atoms with Crippen LogP contribution in [0.25, 0.3) is 11.0 Å². The fourth-order valence-corrected chi connectivity index (χ4v) is 5.83. The molecule has 6 rings (SSSR count). The quantitative estimate of drug-likeness (QED) is 0.318. The first-order valence-corrected chi connectivity index (χ1v) is 14.5. The van der Waals surface area contributed by atoms with Gasteiger partial charge in [0, 0.05) is 39.8 Å². The number of pyridine rings is 1. The number of carboxylic acids is 1. The van der Waals surface area contributed by atoms with Gasteiger partial charge in [-0.15, -0.1) is 0 Å². The largest absolute Gasteiger partial charge is 0.478 e. The second-order valence-electron chi connectivity index (χ2n) is 10.9. The van der Waals surface area contributed by atoms with Crippen LogP contribution in [0.4, 0.5) is 11.5 Å². The molecule has 4 heterocycles. The fraction of sp³-hybridized carbons (Fsp3) is 0.355. The van der Waals surface area contributed by atoms with E-state index in [1.54, 1.807) is 24.3 Å². The third-order valence-corrected chi connectivity index (χ3v) is 8.34. The van der Waals surface area contributed by atoms with Gasteiger partial charge in [0.25, 0.3) is 5.91 Å². The summed E-state index contributed by atoms with van der Waals surface area (Å²) < 4.78 is 7.77. The average molecular weight is 589 g/mol. The lowest BCUT2D eigenvalue weighted by molar-refractivity contribution is -0.0592. The molecule has 10 nitrogen and oxygen atoms in total. The summed E-state index contributed by atoms with van der Waals surface area (Å²) in [6, 6.07) is 16.4. The normalized spacial score (nSPS) is 17.3. The number of amides is 1. The highest BCUT2D eigenvalue weighted by molar-refractivity contribution is 6.33. The molecule has 4 aromatic rings. The van der Waals surface area contributed by atoms with Gasteiger partial charge in [0.1, 0.15) is 17.3 Å². The SMILES string of the molecule is Cc1ccc(N(C)c2cccc(C(=O)N3CCN(Cc4nc5ccc(C(=O)O)cc5n4C[C@@H]4CCO4)CC3)n2)c(Cl)c1. The molecule has 2 aliphatic heterocycles. The number of halogens is 1. The summed E-state index contributed by atoms with van der Waals surface area (Å²) >= 11 is 6.47. The van der Waals surface area contributed by atoms with Crippen molar-refractivity contribution in [1.29, 1.82) is 0 Å². The summed E-state index contributed by atoms with van der Waals surface area (Å²) in [5.74, 6) is 0.452. The molecule has 0 spiro atoms. The summed E-state index contributed by atoms with van der Waals surface area (Å²) in [5, 5.41) is 10.1. The van der Waals surface area contributed by atoms with Gasteiger partial charge < -0.3 is 24.2 Å². The number of hydrogen-bond acceptors (Lipinski definition) is 7. The van der Waals surface area contributed by atoms with E-state index in [-0.39, 0.29) is 17.6 Å². The van der Waals surface area contributed by atoms with Gasteiger partial charge in [0.15, 0.2) is 0 Å². The van der Waals surface area contributed by atoms with Crippen molar-refractivity contribution in [3.8, 4) is 0 Å². The number of aromatic nitrogens is 3. The summed E-state index contributed by atoms with van der Waals surface area (Å²) in [6.07, 6.45) is 1.08. The van der Waals surface area contributed by atoms with E-state index in [0.717, 1.165) is 41.1 Å². The van der Waals surface area contributed by atoms with E-state index in [4.69, 9.17) is 21.3 Å². The predicted molar refractivity (Wildman–Crippen MR) is 161 cm³/mol. The number of fused-ring (bicyclic) bond motifs is 1. The number of ether oxygens (including phenoxy) is 1. The van der Waals surface area contributed by atoms with Gasteiger partial charge in [-0.1, -0.05) is 23.7 Å². The Morgan fingerprint density at radius 1 is 1.07 bits per heavy atom. The highest BCUT2D eigenvalue weighted by Gasteiger charge is 2.27. The molecule has 218 valence electrons. The number of rotatable bonds is 8. The average Bonchev–Trinajstić information content (AvgIpc) is 3.30. The highest BCUT2D eigenvalue weighted by Crippen LogP contribution is 2.30. The molecule has 2 aromatic carbocycles. The van der Waals surface area contributed by atoms with Crippen molar-refractivity contribution in [2.75, 3.05) is 44.7 Å². The monoisotopic (exact) mass is 588 g/mol. The zero-order valence-corrected chi connectivity index (χ0v) is 24.4. The van der Waals surface area contributed by atoms with Crippen LogP contribution in [0.1, 0.15) is 38.7 Å². The Morgan fingerprint density at radius 2 is 1.86 bits per heavy atom. The maximum absolute atomic E-state index is 13.4. The lowest BCUT2D eigenvalue weighted by atomic mass is 10.1. The number of carbonyl (C=O) groups is 2. The second-order valence-corrected chi connectivity index (χ2v) is 11.3. The Kier molecular flexibility index (Phi) is 7.85. The Balaban J connectivity index is 1.13. The molecule has 2 fully saturated rings. The maximum atomic E-state index is 13.4. The molecule has 2 saturated heterocycles. The highest BCUT2D eigenvalue weighted by atomic mass is 35.5. The van der Waals surface area contributed by atoms with Crippen LogP contribution in [0.15, 0.2) is 54.6 Å².